The van der Waals surface area contributed by atoms with Crippen molar-refractivity contribution in [2.75, 3.05) is 25.9 Å². The Balaban J connectivity index is 1.91. The van der Waals surface area contributed by atoms with Crippen molar-refractivity contribution in [3.8, 4) is 0 Å². The van der Waals surface area contributed by atoms with E-state index in [1.807, 2.05) is 12.1 Å². The van der Waals surface area contributed by atoms with Gasteiger partial charge in [-0.1, -0.05) is 13.3 Å². The van der Waals surface area contributed by atoms with Crippen molar-refractivity contribution in [1.29, 1.82) is 0 Å². The second-order valence-electron chi connectivity index (χ2n) is 6.37. The molecule has 2 rings (SSSR count). The zero-order valence-corrected chi connectivity index (χ0v) is 15.1. The fourth-order valence-corrected chi connectivity index (χ4v) is 3.51. The van der Waals surface area contributed by atoms with Gasteiger partial charge in [0.15, 0.2) is 0 Å². The molecule has 2 atom stereocenters. The van der Waals surface area contributed by atoms with Gasteiger partial charge >= 0.3 is 0 Å². The SMILES string of the molecule is CCC[C@H]1CN(Cc2ccncc2)C[C@@H]1NC(=O)CNS(C)(=O)=O. The topological polar surface area (TPSA) is 91.4 Å². The van der Waals surface area contributed by atoms with E-state index in [-0.39, 0.29) is 18.5 Å². The molecule has 1 aliphatic heterocycles. The van der Waals surface area contributed by atoms with E-state index in [4.69, 9.17) is 0 Å². The number of carbonyl (C=O) groups excluding carboxylic acids is 1. The fraction of sp³-hybridized carbons (Fsp3) is 0.625. The average Bonchev–Trinajstić information content (AvgIpc) is 2.87. The number of sulfonamides is 1. The second-order valence-corrected chi connectivity index (χ2v) is 8.20. The third-order valence-corrected chi connectivity index (χ3v) is 4.84. The summed E-state index contributed by atoms with van der Waals surface area (Å²) in [4.78, 5) is 18.3. The first-order valence-electron chi connectivity index (χ1n) is 8.22. The van der Waals surface area contributed by atoms with E-state index in [2.05, 4.69) is 26.8 Å². The molecule has 2 N–H and O–H groups in total. The Hall–Kier alpha value is -1.51. The predicted molar refractivity (Wildman–Crippen MR) is 92.7 cm³/mol. The van der Waals surface area contributed by atoms with Gasteiger partial charge in [-0.25, -0.2) is 13.1 Å². The number of likely N-dealkylation sites (tertiary alicyclic amines) is 1. The molecule has 1 saturated heterocycles. The highest BCUT2D eigenvalue weighted by atomic mass is 32.2. The van der Waals surface area contributed by atoms with Crippen LogP contribution >= 0.6 is 0 Å². The molecule has 0 aromatic carbocycles. The minimum atomic E-state index is -3.36. The van der Waals surface area contributed by atoms with Crippen LogP contribution in [0.4, 0.5) is 0 Å². The molecule has 7 nitrogen and oxygen atoms in total. The van der Waals surface area contributed by atoms with E-state index in [0.717, 1.165) is 38.7 Å². The molecular formula is C16H26N4O3S. The summed E-state index contributed by atoms with van der Waals surface area (Å²) in [5, 5.41) is 2.98. The van der Waals surface area contributed by atoms with Gasteiger partial charge < -0.3 is 5.32 Å². The van der Waals surface area contributed by atoms with Crippen molar-refractivity contribution in [3.05, 3.63) is 30.1 Å². The third-order valence-electron chi connectivity index (χ3n) is 4.17. The molecule has 1 fully saturated rings. The van der Waals surface area contributed by atoms with Gasteiger partial charge in [0.1, 0.15) is 0 Å². The summed E-state index contributed by atoms with van der Waals surface area (Å²) in [6, 6.07) is 4.05. The lowest BCUT2D eigenvalue weighted by molar-refractivity contribution is -0.120. The van der Waals surface area contributed by atoms with Gasteiger partial charge in [-0.2, -0.15) is 0 Å². The van der Waals surface area contributed by atoms with Gasteiger partial charge in [-0.05, 0) is 30.0 Å². The maximum absolute atomic E-state index is 12.0. The number of nitrogens with zero attached hydrogens (tertiary/aromatic N) is 2. The van der Waals surface area contributed by atoms with Gasteiger partial charge in [-0.3, -0.25) is 14.7 Å². The van der Waals surface area contributed by atoms with Crippen molar-refractivity contribution in [3.63, 3.8) is 0 Å². The molecule has 0 bridgehead atoms. The van der Waals surface area contributed by atoms with Crippen LogP contribution in [0.5, 0.6) is 0 Å². The van der Waals surface area contributed by atoms with E-state index in [1.165, 1.54) is 5.56 Å². The third kappa shape index (κ3) is 6.18. The first-order valence-corrected chi connectivity index (χ1v) is 10.1. The molecule has 0 spiro atoms. The average molecular weight is 354 g/mol. The van der Waals surface area contributed by atoms with Gasteiger partial charge in [0, 0.05) is 38.1 Å². The van der Waals surface area contributed by atoms with Crippen molar-refractivity contribution in [1.82, 2.24) is 19.9 Å². The largest absolute Gasteiger partial charge is 0.351 e. The highest BCUT2D eigenvalue weighted by Gasteiger charge is 2.33. The van der Waals surface area contributed by atoms with Crippen LogP contribution in [0.15, 0.2) is 24.5 Å². The van der Waals surface area contributed by atoms with Gasteiger partial charge in [-0.15, -0.1) is 0 Å². The number of nitrogens with one attached hydrogen (secondary N) is 2. The maximum Gasteiger partial charge on any atom is 0.235 e. The summed E-state index contributed by atoms with van der Waals surface area (Å²) in [6.45, 7) is 4.46. The Morgan fingerprint density at radius 3 is 2.67 bits per heavy atom. The Kier molecular flexibility index (Phi) is 6.70. The molecule has 24 heavy (non-hydrogen) atoms. The lowest BCUT2D eigenvalue weighted by Gasteiger charge is -2.19. The quantitative estimate of drug-likeness (QED) is 0.703. The normalized spacial score (nSPS) is 21.8. The van der Waals surface area contributed by atoms with Crippen LogP contribution in [-0.2, 0) is 21.4 Å². The summed E-state index contributed by atoms with van der Waals surface area (Å²) in [7, 11) is -3.36. The van der Waals surface area contributed by atoms with Crippen LogP contribution < -0.4 is 10.0 Å². The number of carbonyl (C=O) groups is 1. The van der Waals surface area contributed by atoms with Crippen molar-refractivity contribution in [2.45, 2.75) is 32.4 Å². The monoisotopic (exact) mass is 354 g/mol. The lowest BCUT2D eigenvalue weighted by Crippen LogP contribution is -2.45. The number of aromatic nitrogens is 1. The van der Waals surface area contributed by atoms with Gasteiger partial charge in [0.05, 0.1) is 12.8 Å². The standard InChI is InChI=1S/C16H26N4O3S/c1-3-4-14-11-20(10-13-5-7-17-8-6-13)12-15(14)19-16(21)9-18-24(2,22)23/h5-8,14-15,18H,3-4,9-12H2,1-2H3,(H,19,21)/t14-,15-/m0/s1. The molecule has 0 unspecified atom stereocenters. The maximum atomic E-state index is 12.0. The van der Waals surface area contributed by atoms with Crippen LogP contribution in [0.25, 0.3) is 0 Å². The van der Waals surface area contributed by atoms with Crippen LogP contribution in [-0.4, -0.2) is 56.1 Å². The Morgan fingerprint density at radius 1 is 1.33 bits per heavy atom. The minimum Gasteiger partial charge on any atom is -0.351 e. The first-order chi connectivity index (χ1) is 11.4. The number of hydrogen-bond acceptors (Lipinski definition) is 5. The Bertz CT molecular complexity index is 636. The van der Waals surface area contributed by atoms with E-state index in [1.54, 1.807) is 12.4 Å². The molecule has 1 aromatic heterocycles. The van der Waals surface area contributed by atoms with Crippen molar-refractivity contribution >= 4 is 15.9 Å². The zero-order valence-electron chi connectivity index (χ0n) is 14.2. The van der Waals surface area contributed by atoms with Crippen molar-refractivity contribution in [2.24, 2.45) is 5.92 Å². The van der Waals surface area contributed by atoms with Crippen LogP contribution in [0.3, 0.4) is 0 Å². The summed E-state index contributed by atoms with van der Waals surface area (Å²) < 4.78 is 24.4. The minimum absolute atomic E-state index is 0.0562. The molecular weight excluding hydrogens is 328 g/mol. The van der Waals surface area contributed by atoms with Crippen LogP contribution in [0, 0.1) is 5.92 Å². The number of amides is 1. The summed E-state index contributed by atoms with van der Waals surface area (Å²) in [6.07, 6.45) is 6.71. The van der Waals surface area contributed by atoms with E-state index in [9.17, 15) is 13.2 Å². The highest BCUT2D eigenvalue weighted by Crippen LogP contribution is 2.23. The van der Waals surface area contributed by atoms with E-state index in [0.29, 0.717) is 5.92 Å². The van der Waals surface area contributed by atoms with Crippen LogP contribution in [0.1, 0.15) is 25.3 Å². The summed E-state index contributed by atoms with van der Waals surface area (Å²) >= 11 is 0. The molecule has 0 aliphatic carbocycles. The molecule has 1 aromatic rings. The van der Waals surface area contributed by atoms with Crippen LogP contribution in [0.2, 0.25) is 0 Å². The summed E-state index contributed by atoms with van der Waals surface area (Å²) in [5.41, 5.74) is 1.20. The molecule has 1 aliphatic rings. The lowest BCUT2D eigenvalue weighted by atomic mass is 9.98. The zero-order chi connectivity index (χ0) is 17.6. The van der Waals surface area contributed by atoms with E-state index >= 15 is 0 Å². The number of hydrogen-bond donors (Lipinski definition) is 2. The van der Waals surface area contributed by atoms with E-state index < -0.39 is 10.0 Å². The smallest absolute Gasteiger partial charge is 0.235 e. The number of rotatable bonds is 8. The number of pyridine rings is 1. The molecule has 8 heteroatoms. The highest BCUT2D eigenvalue weighted by molar-refractivity contribution is 7.88. The molecule has 0 saturated carbocycles. The first kappa shape index (κ1) is 18.8. The molecule has 0 radical (unpaired) electrons. The van der Waals surface area contributed by atoms with Gasteiger partial charge in [0.2, 0.25) is 15.9 Å². The van der Waals surface area contributed by atoms with Crippen molar-refractivity contribution < 1.29 is 13.2 Å². The fourth-order valence-electron chi connectivity index (χ4n) is 3.12. The Morgan fingerprint density at radius 2 is 2.04 bits per heavy atom. The van der Waals surface area contributed by atoms with Gasteiger partial charge in [0.25, 0.3) is 0 Å². The predicted octanol–water partition coefficient (Wildman–Crippen LogP) is 0.348. The summed E-state index contributed by atoms with van der Waals surface area (Å²) in [5.74, 6) is 0.108. The molecule has 134 valence electrons. The molecule has 1 amide bonds. The second kappa shape index (κ2) is 8.55. The Labute approximate surface area is 143 Å². The molecule has 2 heterocycles.